The Morgan fingerprint density at radius 2 is 2.12 bits per heavy atom. The molecule has 1 saturated heterocycles. The molecule has 2 aromatic rings. The van der Waals surface area contributed by atoms with Crippen LogP contribution in [0.2, 0.25) is 0 Å². The number of amides is 2. The van der Waals surface area contributed by atoms with E-state index in [2.05, 4.69) is 16.4 Å². The minimum atomic E-state index is -0.0454. The number of carbonyl (C=O) groups is 1. The van der Waals surface area contributed by atoms with Gasteiger partial charge in [-0.1, -0.05) is 18.2 Å². The number of urea groups is 1. The van der Waals surface area contributed by atoms with Crippen molar-refractivity contribution in [1.82, 2.24) is 15.2 Å². The molecular weight excluding hydrogens is 302 g/mol. The lowest BCUT2D eigenvalue weighted by Gasteiger charge is -2.39. The molecule has 24 heavy (non-hydrogen) atoms. The van der Waals surface area contributed by atoms with Gasteiger partial charge in [0.05, 0.1) is 13.2 Å². The van der Waals surface area contributed by atoms with Crippen LogP contribution in [0.1, 0.15) is 35.7 Å². The number of benzene rings is 1. The number of likely N-dealkylation sites (tertiary alicyclic amines) is 1. The minimum absolute atomic E-state index is 0.0249. The Balaban J connectivity index is 1.55. The summed E-state index contributed by atoms with van der Waals surface area (Å²) in [5.41, 5.74) is 3.19. The van der Waals surface area contributed by atoms with E-state index in [4.69, 9.17) is 4.74 Å². The van der Waals surface area contributed by atoms with Crippen LogP contribution in [-0.4, -0.2) is 36.1 Å². The van der Waals surface area contributed by atoms with Crippen molar-refractivity contribution in [2.45, 2.75) is 25.8 Å². The van der Waals surface area contributed by atoms with Crippen LogP contribution in [0.15, 0.2) is 42.6 Å². The summed E-state index contributed by atoms with van der Waals surface area (Å²) in [6.45, 7) is 5.44. The van der Waals surface area contributed by atoms with Crippen molar-refractivity contribution in [3.05, 3.63) is 59.4 Å². The first-order valence-electron chi connectivity index (χ1n) is 8.19. The third-order valence-electron chi connectivity index (χ3n) is 4.53. The molecule has 0 radical (unpaired) electrons. The Hall–Kier alpha value is -2.56. The Labute approximate surface area is 142 Å². The Bertz CT molecular complexity index is 712. The number of carbonyl (C=O) groups excluding carboxylic acids is 1. The number of hydrogen-bond donors (Lipinski definition) is 1. The quantitative estimate of drug-likeness (QED) is 0.938. The summed E-state index contributed by atoms with van der Waals surface area (Å²) in [4.78, 5) is 18.5. The molecule has 1 atom stereocenters. The van der Waals surface area contributed by atoms with Crippen molar-refractivity contribution < 1.29 is 9.53 Å². The molecule has 0 saturated carbocycles. The first kappa shape index (κ1) is 16.3. The number of hydrogen-bond acceptors (Lipinski definition) is 3. The lowest BCUT2D eigenvalue weighted by atomic mass is 9.96. The van der Waals surface area contributed by atoms with Gasteiger partial charge in [-0.2, -0.15) is 0 Å². The number of aryl methyl sites for hydroxylation is 1. The van der Waals surface area contributed by atoms with Crippen LogP contribution >= 0.6 is 0 Å². The van der Waals surface area contributed by atoms with Crippen LogP contribution in [0, 0.1) is 6.92 Å². The summed E-state index contributed by atoms with van der Waals surface area (Å²) in [5.74, 6) is 1.20. The molecule has 5 nitrogen and oxygen atoms in total. The molecule has 1 aliphatic rings. The van der Waals surface area contributed by atoms with E-state index in [1.165, 1.54) is 0 Å². The highest BCUT2D eigenvalue weighted by Gasteiger charge is 2.32. The van der Waals surface area contributed by atoms with Crippen LogP contribution in [0.3, 0.4) is 0 Å². The zero-order chi connectivity index (χ0) is 17.1. The fourth-order valence-corrected chi connectivity index (χ4v) is 2.98. The molecule has 2 heterocycles. The first-order valence-corrected chi connectivity index (χ1v) is 8.19. The number of nitrogens with one attached hydrogen (secondary N) is 1. The molecule has 1 aliphatic heterocycles. The smallest absolute Gasteiger partial charge is 0.317 e. The van der Waals surface area contributed by atoms with Crippen molar-refractivity contribution >= 4 is 6.03 Å². The number of ether oxygens (including phenoxy) is 1. The number of nitrogens with zero attached hydrogens (tertiary/aromatic N) is 2. The monoisotopic (exact) mass is 325 g/mol. The molecule has 1 fully saturated rings. The molecule has 0 spiro atoms. The van der Waals surface area contributed by atoms with E-state index < -0.39 is 0 Å². The van der Waals surface area contributed by atoms with Crippen LogP contribution in [0.5, 0.6) is 5.75 Å². The SMILES string of the molecule is COc1ccc(C(C)NC(=O)N2CC(c3ccccn3)C2)cc1C. The molecule has 1 aromatic heterocycles. The lowest BCUT2D eigenvalue weighted by Crippen LogP contribution is -2.53. The maximum Gasteiger partial charge on any atom is 0.317 e. The molecule has 2 amide bonds. The van der Waals surface area contributed by atoms with Crippen LogP contribution in [0.25, 0.3) is 0 Å². The van der Waals surface area contributed by atoms with Gasteiger partial charge in [-0.05, 0) is 43.2 Å². The van der Waals surface area contributed by atoms with Gasteiger partial charge in [0, 0.05) is 30.9 Å². The highest BCUT2D eigenvalue weighted by atomic mass is 16.5. The second-order valence-electron chi connectivity index (χ2n) is 6.26. The summed E-state index contributed by atoms with van der Waals surface area (Å²) in [6, 6.07) is 11.8. The Morgan fingerprint density at radius 1 is 1.33 bits per heavy atom. The highest BCUT2D eigenvalue weighted by Crippen LogP contribution is 2.26. The Kier molecular flexibility index (Phi) is 4.69. The largest absolute Gasteiger partial charge is 0.496 e. The van der Waals surface area contributed by atoms with Gasteiger partial charge in [0.15, 0.2) is 0 Å². The van der Waals surface area contributed by atoms with Crippen LogP contribution < -0.4 is 10.1 Å². The first-order chi connectivity index (χ1) is 11.6. The molecule has 1 aromatic carbocycles. The van der Waals surface area contributed by atoms with E-state index in [0.29, 0.717) is 5.92 Å². The number of methoxy groups -OCH3 is 1. The number of pyridine rings is 1. The molecule has 0 aliphatic carbocycles. The maximum atomic E-state index is 12.4. The normalized spacial score (nSPS) is 15.5. The molecule has 0 bridgehead atoms. The summed E-state index contributed by atoms with van der Waals surface area (Å²) < 4.78 is 5.28. The lowest BCUT2D eigenvalue weighted by molar-refractivity contribution is 0.147. The predicted molar refractivity (Wildman–Crippen MR) is 93.2 cm³/mol. The zero-order valence-corrected chi connectivity index (χ0v) is 14.3. The summed E-state index contributed by atoms with van der Waals surface area (Å²) >= 11 is 0. The summed E-state index contributed by atoms with van der Waals surface area (Å²) in [6.07, 6.45) is 1.80. The third kappa shape index (κ3) is 3.35. The van der Waals surface area contributed by atoms with Crippen LogP contribution in [0.4, 0.5) is 4.79 Å². The fraction of sp³-hybridized carbons (Fsp3) is 0.368. The van der Waals surface area contributed by atoms with Gasteiger partial charge in [-0.3, -0.25) is 4.98 Å². The molecule has 1 unspecified atom stereocenters. The summed E-state index contributed by atoms with van der Waals surface area (Å²) in [7, 11) is 1.66. The zero-order valence-electron chi connectivity index (χ0n) is 14.3. The van der Waals surface area contributed by atoms with Crippen LogP contribution in [-0.2, 0) is 0 Å². The van der Waals surface area contributed by atoms with Crippen molar-refractivity contribution in [2.75, 3.05) is 20.2 Å². The molecular formula is C19H23N3O2. The van der Waals surface area contributed by atoms with E-state index in [-0.39, 0.29) is 12.1 Å². The van der Waals surface area contributed by atoms with Gasteiger partial charge in [0.25, 0.3) is 0 Å². The van der Waals surface area contributed by atoms with Gasteiger partial charge >= 0.3 is 6.03 Å². The average molecular weight is 325 g/mol. The Morgan fingerprint density at radius 3 is 2.75 bits per heavy atom. The fourth-order valence-electron chi connectivity index (χ4n) is 2.98. The maximum absolute atomic E-state index is 12.4. The van der Waals surface area contributed by atoms with Crippen molar-refractivity contribution in [3.63, 3.8) is 0 Å². The molecule has 126 valence electrons. The predicted octanol–water partition coefficient (Wildman–Crippen LogP) is 3.27. The van der Waals surface area contributed by atoms with Crippen molar-refractivity contribution in [1.29, 1.82) is 0 Å². The molecule has 5 heteroatoms. The van der Waals surface area contributed by atoms with Gasteiger partial charge in [-0.15, -0.1) is 0 Å². The molecule has 1 N–H and O–H groups in total. The van der Waals surface area contributed by atoms with Crippen molar-refractivity contribution in [3.8, 4) is 5.75 Å². The van der Waals surface area contributed by atoms with Gasteiger partial charge in [0.2, 0.25) is 0 Å². The minimum Gasteiger partial charge on any atom is -0.496 e. The topological polar surface area (TPSA) is 54.5 Å². The van der Waals surface area contributed by atoms with E-state index in [1.54, 1.807) is 13.3 Å². The van der Waals surface area contributed by atoms with E-state index in [1.807, 2.05) is 49.1 Å². The van der Waals surface area contributed by atoms with Crippen molar-refractivity contribution in [2.24, 2.45) is 0 Å². The summed E-state index contributed by atoms with van der Waals surface area (Å²) in [5, 5.41) is 3.06. The second kappa shape index (κ2) is 6.91. The van der Waals surface area contributed by atoms with Gasteiger partial charge in [-0.25, -0.2) is 4.79 Å². The average Bonchev–Trinajstić information content (AvgIpc) is 2.54. The van der Waals surface area contributed by atoms with Gasteiger partial charge in [0.1, 0.15) is 5.75 Å². The van der Waals surface area contributed by atoms with E-state index >= 15 is 0 Å². The van der Waals surface area contributed by atoms with E-state index in [9.17, 15) is 4.79 Å². The standard InChI is InChI=1S/C19H23N3O2/c1-13-10-15(7-8-18(13)24-3)14(2)21-19(23)22-11-16(12-22)17-6-4-5-9-20-17/h4-10,14,16H,11-12H2,1-3H3,(H,21,23). The third-order valence-corrected chi connectivity index (χ3v) is 4.53. The van der Waals surface area contributed by atoms with E-state index in [0.717, 1.165) is 35.7 Å². The highest BCUT2D eigenvalue weighted by molar-refractivity contribution is 5.76. The van der Waals surface area contributed by atoms with Gasteiger partial charge < -0.3 is 15.0 Å². The number of rotatable bonds is 4. The molecule has 3 rings (SSSR count). The second-order valence-corrected chi connectivity index (χ2v) is 6.26. The number of aromatic nitrogens is 1.